The lowest BCUT2D eigenvalue weighted by atomic mass is 10.0. The molecular weight excluding hydrogens is 407 g/mol. The molecule has 0 unspecified atom stereocenters. The van der Waals surface area contributed by atoms with Crippen molar-refractivity contribution in [3.05, 3.63) is 89.7 Å². The van der Waals surface area contributed by atoms with Gasteiger partial charge in [-0.25, -0.2) is 4.39 Å². The van der Waals surface area contributed by atoms with Gasteiger partial charge in [-0.15, -0.1) is 0 Å². The van der Waals surface area contributed by atoms with Crippen LogP contribution in [0, 0.1) is 5.82 Å². The maximum Gasteiger partial charge on any atom is 0.254 e. The van der Waals surface area contributed by atoms with E-state index in [1.165, 1.54) is 12.1 Å². The van der Waals surface area contributed by atoms with Gasteiger partial charge in [0.05, 0.1) is 12.7 Å². The zero-order chi connectivity index (χ0) is 22.5. The standard InChI is InChI=1S/C26H25FN2O3/c1-32-24-9-5-3-6-21(24)18-10-12-19(13-11-18)26(31)29-16-14-20(15-17-29)28-25(30)22-7-2-4-8-23(22)27/h2-13,20H,14-17H2,1H3,(H,28,30). The summed E-state index contributed by atoms with van der Waals surface area (Å²) in [6.45, 7) is 1.07. The summed E-state index contributed by atoms with van der Waals surface area (Å²) in [7, 11) is 1.64. The molecule has 1 N–H and O–H groups in total. The third kappa shape index (κ3) is 4.64. The molecule has 1 fully saturated rings. The normalized spacial score (nSPS) is 14.1. The first-order valence-electron chi connectivity index (χ1n) is 10.6. The molecule has 1 aliphatic rings. The fraction of sp³-hybridized carbons (Fsp3) is 0.231. The van der Waals surface area contributed by atoms with Crippen molar-refractivity contribution < 1.29 is 18.7 Å². The quantitative estimate of drug-likeness (QED) is 0.644. The molecule has 0 radical (unpaired) electrons. The van der Waals surface area contributed by atoms with Crippen LogP contribution in [-0.2, 0) is 0 Å². The second-order valence-electron chi connectivity index (χ2n) is 7.80. The number of benzene rings is 3. The van der Waals surface area contributed by atoms with Crippen LogP contribution < -0.4 is 10.1 Å². The Morgan fingerprint density at radius 2 is 1.59 bits per heavy atom. The molecule has 0 bridgehead atoms. The van der Waals surface area contributed by atoms with Gasteiger partial charge in [0, 0.05) is 30.3 Å². The molecule has 3 aromatic rings. The minimum Gasteiger partial charge on any atom is -0.496 e. The summed E-state index contributed by atoms with van der Waals surface area (Å²) in [5, 5.41) is 2.88. The van der Waals surface area contributed by atoms with Crippen LogP contribution in [0.2, 0.25) is 0 Å². The van der Waals surface area contributed by atoms with Crippen LogP contribution in [0.25, 0.3) is 11.1 Å². The van der Waals surface area contributed by atoms with E-state index in [1.54, 1.807) is 24.1 Å². The van der Waals surface area contributed by atoms with Crippen LogP contribution in [0.15, 0.2) is 72.8 Å². The Hall–Kier alpha value is -3.67. The Kier molecular flexibility index (Phi) is 6.50. The van der Waals surface area contributed by atoms with Crippen LogP contribution in [0.1, 0.15) is 33.6 Å². The zero-order valence-electron chi connectivity index (χ0n) is 17.9. The maximum atomic E-state index is 13.8. The molecule has 32 heavy (non-hydrogen) atoms. The Balaban J connectivity index is 1.35. The molecule has 5 nitrogen and oxygen atoms in total. The van der Waals surface area contributed by atoms with E-state index >= 15 is 0 Å². The minimum atomic E-state index is -0.533. The molecule has 4 rings (SSSR count). The molecule has 1 saturated heterocycles. The van der Waals surface area contributed by atoms with E-state index < -0.39 is 11.7 Å². The summed E-state index contributed by atoms with van der Waals surface area (Å²) in [6.07, 6.45) is 1.26. The number of ether oxygens (including phenoxy) is 1. The third-order valence-corrected chi connectivity index (χ3v) is 5.79. The van der Waals surface area contributed by atoms with E-state index in [4.69, 9.17) is 4.74 Å². The van der Waals surface area contributed by atoms with Gasteiger partial charge in [-0.2, -0.15) is 0 Å². The summed E-state index contributed by atoms with van der Waals surface area (Å²) in [4.78, 5) is 27.1. The predicted octanol–water partition coefficient (Wildman–Crippen LogP) is 4.54. The monoisotopic (exact) mass is 432 g/mol. The molecule has 0 saturated carbocycles. The largest absolute Gasteiger partial charge is 0.496 e. The Morgan fingerprint density at radius 1 is 0.938 bits per heavy atom. The highest BCUT2D eigenvalue weighted by Gasteiger charge is 2.25. The summed E-state index contributed by atoms with van der Waals surface area (Å²) in [5.41, 5.74) is 2.62. The lowest BCUT2D eigenvalue weighted by molar-refractivity contribution is 0.0698. The van der Waals surface area contributed by atoms with Crippen molar-refractivity contribution in [3.63, 3.8) is 0 Å². The first kappa shape index (κ1) is 21.6. The van der Waals surface area contributed by atoms with E-state index in [9.17, 15) is 14.0 Å². The average Bonchev–Trinajstić information content (AvgIpc) is 2.84. The molecule has 1 aliphatic heterocycles. The molecule has 1 heterocycles. The number of hydrogen-bond donors (Lipinski definition) is 1. The van der Waals surface area contributed by atoms with Crippen LogP contribution in [0.3, 0.4) is 0 Å². The van der Waals surface area contributed by atoms with Gasteiger partial charge in [-0.05, 0) is 48.7 Å². The van der Waals surface area contributed by atoms with Crippen molar-refractivity contribution in [2.24, 2.45) is 0 Å². The molecular formula is C26H25FN2O3. The number of halogens is 1. The second-order valence-corrected chi connectivity index (χ2v) is 7.80. The number of para-hydroxylation sites is 1. The Bertz CT molecular complexity index is 1110. The number of piperidine rings is 1. The van der Waals surface area contributed by atoms with Gasteiger partial charge in [0.1, 0.15) is 11.6 Å². The molecule has 2 amide bonds. The summed E-state index contributed by atoms with van der Waals surface area (Å²) in [6, 6.07) is 21.1. The topological polar surface area (TPSA) is 58.6 Å². The minimum absolute atomic E-state index is 0.0320. The van der Waals surface area contributed by atoms with E-state index in [-0.39, 0.29) is 17.5 Å². The van der Waals surface area contributed by atoms with E-state index in [2.05, 4.69) is 5.32 Å². The van der Waals surface area contributed by atoms with Gasteiger partial charge >= 0.3 is 0 Å². The van der Waals surface area contributed by atoms with Crippen molar-refractivity contribution in [1.29, 1.82) is 0 Å². The van der Waals surface area contributed by atoms with Crippen LogP contribution >= 0.6 is 0 Å². The number of carbonyl (C=O) groups is 2. The number of nitrogens with zero attached hydrogens (tertiary/aromatic N) is 1. The van der Waals surface area contributed by atoms with Gasteiger partial charge in [0.2, 0.25) is 0 Å². The summed E-state index contributed by atoms with van der Waals surface area (Å²) >= 11 is 0. The summed E-state index contributed by atoms with van der Waals surface area (Å²) in [5.74, 6) is -0.199. The Labute approximate surface area is 186 Å². The first-order valence-corrected chi connectivity index (χ1v) is 10.6. The number of hydrogen-bond acceptors (Lipinski definition) is 3. The molecule has 0 aliphatic carbocycles. The second kappa shape index (κ2) is 9.64. The van der Waals surface area contributed by atoms with Crippen LogP contribution in [-0.4, -0.2) is 43.0 Å². The maximum absolute atomic E-state index is 13.8. The summed E-state index contributed by atoms with van der Waals surface area (Å²) < 4.78 is 19.2. The van der Waals surface area contributed by atoms with Crippen LogP contribution in [0.4, 0.5) is 4.39 Å². The molecule has 0 atom stereocenters. The van der Waals surface area contributed by atoms with Gasteiger partial charge in [0.15, 0.2) is 0 Å². The van der Waals surface area contributed by atoms with Gasteiger partial charge < -0.3 is 15.0 Å². The van der Waals surface area contributed by atoms with Crippen molar-refractivity contribution in [1.82, 2.24) is 10.2 Å². The highest BCUT2D eigenvalue weighted by atomic mass is 19.1. The number of nitrogens with one attached hydrogen (secondary N) is 1. The van der Waals surface area contributed by atoms with Crippen molar-refractivity contribution in [3.8, 4) is 16.9 Å². The lowest BCUT2D eigenvalue weighted by Crippen LogP contribution is -2.46. The van der Waals surface area contributed by atoms with E-state index in [0.717, 1.165) is 16.9 Å². The first-order chi connectivity index (χ1) is 15.6. The SMILES string of the molecule is COc1ccccc1-c1ccc(C(=O)N2CCC(NC(=O)c3ccccc3F)CC2)cc1. The highest BCUT2D eigenvalue weighted by Crippen LogP contribution is 2.29. The fourth-order valence-electron chi connectivity index (χ4n) is 3.99. The van der Waals surface area contributed by atoms with E-state index in [1.807, 2.05) is 48.5 Å². The van der Waals surface area contributed by atoms with Crippen LogP contribution in [0.5, 0.6) is 5.75 Å². The average molecular weight is 432 g/mol. The molecule has 164 valence electrons. The number of rotatable bonds is 5. The molecule has 6 heteroatoms. The van der Waals surface area contributed by atoms with Crippen molar-refractivity contribution in [2.75, 3.05) is 20.2 Å². The van der Waals surface area contributed by atoms with E-state index in [0.29, 0.717) is 31.5 Å². The lowest BCUT2D eigenvalue weighted by Gasteiger charge is -2.32. The zero-order valence-corrected chi connectivity index (χ0v) is 17.9. The van der Waals surface area contributed by atoms with Crippen molar-refractivity contribution >= 4 is 11.8 Å². The van der Waals surface area contributed by atoms with Gasteiger partial charge in [-0.1, -0.05) is 42.5 Å². The van der Waals surface area contributed by atoms with Gasteiger partial charge in [-0.3, -0.25) is 9.59 Å². The fourth-order valence-corrected chi connectivity index (χ4v) is 3.99. The number of likely N-dealkylation sites (tertiary alicyclic amines) is 1. The predicted molar refractivity (Wildman–Crippen MR) is 121 cm³/mol. The smallest absolute Gasteiger partial charge is 0.254 e. The molecule has 0 aromatic heterocycles. The van der Waals surface area contributed by atoms with Crippen molar-refractivity contribution in [2.45, 2.75) is 18.9 Å². The molecule has 0 spiro atoms. The number of amides is 2. The third-order valence-electron chi connectivity index (χ3n) is 5.79. The number of methoxy groups -OCH3 is 1. The van der Waals surface area contributed by atoms with Gasteiger partial charge in [0.25, 0.3) is 11.8 Å². The molecule has 3 aromatic carbocycles. The Morgan fingerprint density at radius 3 is 2.28 bits per heavy atom. The highest BCUT2D eigenvalue weighted by molar-refractivity contribution is 5.95. The number of carbonyl (C=O) groups excluding carboxylic acids is 2.